The molecule has 1 aromatic heterocycles. The van der Waals surface area contributed by atoms with Crippen LogP contribution in [0.3, 0.4) is 0 Å². The molecule has 5 nitrogen and oxygen atoms in total. The van der Waals surface area contributed by atoms with E-state index in [1.54, 1.807) is 0 Å². The Morgan fingerprint density at radius 1 is 1.68 bits per heavy atom. The highest BCUT2D eigenvalue weighted by atomic mass is 32.2. The van der Waals surface area contributed by atoms with Gasteiger partial charge in [-0.15, -0.1) is 11.3 Å². The maximum absolute atomic E-state index is 11.7. The summed E-state index contributed by atoms with van der Waals surface area (Å²) >= 11 is 2.69. The van der Waals surface area contributed by atoms with Gasteiger partial charge in [-0.05, 0) is 12.8 Å². The summed E-state index contributed by atoms with van der Waals surface area (Å²) in [6, 6.07) is 0.374. The number of aromatic nitrogens is 1. The van der Waals surface area contributed by atoms with E-state index in [0.29, 0.717) is 19.0 Å². The molecule has 104 valence electrons. The highest BCUT2D eigenvalue weighted by Crippen LogP contribution is 2.26. The van der Waals surface area contributed by atoms with Crippen LogP contribution >= 0.6 is 23.1 Å². The lowest BCUT2D eigenvalue weighted by molar-refractivity contribution is -0.128. The molecule has 0 saturated carbocycles. The van der Waals surface area contributed by atoms with Gasteiger partial charge in [0, 0.05) is 24.8 Å². The van der Waals surface area contributed by atoms with Gasteiger partial charge in [-0.3, -0.25) is 4.79 Å². The predicted molar refractivity (Wildman–Crippen MR) is 74.8 cm³/mol. The molecule has 1 saturated heterocycles. The van der Waals surface area contributed by atoms with Crippen molar-refractivity contribution < 1.29 is 14.7 Å². The molecular formula is C12H16N2O3S2. The molecule has 0 bridgehead atoms. The van der Waals surface area contributed by atoms with Crippen LogP contribution in [0.2, 0.25) is 0 Å². The molecule has 19 heavy (non-hydrogen) atoms. The fourth-order valence-electron chi connectivity index (χ4n) is 2.18. The quantitative estimate of drug-likeness (QED) is 0.817. The first-order valence-corrected chi connectivity index (χ1v) is 8.03. The summed E-state index contributed by atoms with van der Waals surface area (Å²) < 4.78 is 0.747. The van der Waals surface area contributed by atoms with E-state index in [4.69, 9.17) is 5.11 Å². The van der Waals surface area contributed by atoms with Gasteiger partial charge >= 0.3 is 5.97 Å². The van der Waals surface area contributed by atoms with E-state index in [0.717, 1.165) is 22.9 Å². The van der Waals surface area contributed by atoms with Gasteiger partial charge in [0.1, 0.15) is 4.88 Å². The van der Waals surface area contributed by atoms with Gasteiger partial charge in [0.25, 0.3) is 0 Å². The van der Waals surface area contributed by atoms with Gasteiger partial charge in [0.05, 0.1) is 6.20 Å². The third-order valence-electron chi connectivity index (χ3n) is 3.18. The monoisotopic (exact) mass is 300 g/mol. The van der Waals surface area contributed by atoms with Crippen LogP contribution in [0.4, 0.5) is 0 Å². The number of rotatable bonds is 6. The van der Waals surface area contributed by atoms with Crippen LogP contribution in [0.5, 0.6) is 0 Å². The average molecular weight is 300 g/mol. The summed E-state index contributed by atoms with van der Waals surface area (Å²) in [6.07, 6.45) is 3.99. The van der Waals surface area contributed by atoms with E-state index in [1.807, 2.05) is 4.90 Å². The van der Waals surface area contributed by atoms with Crippen molar-refractivity contribution in [3.8, 4) is 0 Å². The number of carboxylic acid groups (broad SMARTS) is 1. The van der Waals surface area contributed by atoms with Crippen molar-refractivity contribution >= 4 is 35.0 Å². The second kappa shape index (κ2) is 6.38. The molecule has 0 spiro atoms. The Balaban J connectivity index is 1.82. The van der Waals surface area contributed by atoms with Gasteiger partial charge in [-0.25, -0.2) is 9.78 Å². The molecule has 1 fully saturated rings. The van der Waals surface area contributed by atoms with Crippen LogP contribution in [0.1, 0.15) is 35.9 Å². The van der Waals surface area contributed by atoms with E-state index in [2.05, 4.69) is 11.9 Å². The zero-order chi connectivity index (χ0) is 13.8. The Bertz CT molecular complexity index is 475. The molecule has 0 radical (unpaired) electrons. The third-order valence-corrected chi connectivity index (χ3v) is 5.30. The molecule has 2 rings (SSSR count). The second-order valence-corrected chi connectivity index (χ2v) is 6.70. The minimum Gasteiger partial charge on any atom is -0.477 e. The largest absolute Gasteiger partial charge is 0.477 e. The van der Waals surface area contributed by atoms with Gasteiger partial charge in [-0.1, -0.05) is 18.7 Å². The first-order chi connectivity index (χ1) is 9.11. The first kappa shape index (κ1) is 14.3. The number of carbonyl (C=O) groups excluding carboxylic acids is 1. The fourth-order valence-corrected chi connectivity index (χ4v) is 4.01. The van der Waals surface area contributed by atoms with E-state index < -0.39 is 5.97 Å². The molecule has 1 unspecified atom stereocenters. The average Bonchev–Trinajstić information content (AvgIpc) is 2.98. The molecule has 0 aromatic carbocycles. The Morgan fingerprint density at radius 2 is 2.47 bits per heavy atom. The van der Waals surface area contributed by atoms with Crippen LogP contribution in [-0.4, -0.2) is 45.2 Å². The van der Waals surface area contributed by atoms with Crippen molar-refractivity contribution in [2.75, 3.05) is 12.3 Å². The van der Waals surface area contributed by atoms with Crippen LogP contribution in [-0.2, 0) is 4.79 Å². The first-order valence-electron chi connectivity index (χ1n) is 6.23. The van der Waals surface area contributed by atoms with Crippen molar-refractivity contribution in [2.45, 2.75) is 36.6 Å². The Morgan fingerprint density at radius 3 is 3.11 bits per heavy atom. The topological polar surface area (TPSA) is 70.5 Å². The van der Waals surface area contributed by atoms with E-state index in [-0.39, 0.29) is 10.8 Å². The third kappa shape index (κ3) is 3.48. The van der Waals surface area contributed by atoms with Crippen LogP contribution in [0.15, 0.2) is 10.5 Å². The van der Waals surface area contributed by atoms with Crippen molar-refractivity contribution in [1.29, 1.82) is 0 Å². The molecule has 7 heteroatoms. The van der Waals surface area contributed by atoms with Gasteiger partial charge < -0.3 is 10.0 Å². The second-order valence-electron chi connectivity index (χ2n) is 4.33. The van der Waals surface area contributed by atoms with Crippen LogP contribution in [0.25, 0.3) is 0 Å². The van der Waals surface area contributed by atoms with Crippen LogP contribution < -0.4 is 0 Å². The minimum absolute atomic E-state index is 0.234. The Kier molecular flexibility index (Phi) is 4.81. The lowest BCUT2D eigenvalue weighted by atomic mass is 10.2. The number of amides is 1. The summed E-state index contributed by atoms with van der Waals surface area (Å²) in [5.41, 5.74) is 0. The molecule has 0 aliphatic carbocycles. The lowest BCUT2D eigenvalue weighted by Gasteiger charge is -2.23. The smallest absolute Gasteiger partial charge is 0.347 e. The molecule has 1 N–H and O–H groups in total. The van der Waals surface area contributed by atoms with Crippen molar-refractivity contribution in [3.63, 3.8) is 0 Å². The number of carbonyl (C=O) groups is 2. The molecule has 1 atom stereocenters. The maximum Gasteiger partial charge on any atom is 0.347 e. The minimum atomic E-state index is -0.940. The number of hydrogen-bond donors (Lipinski definition) is 1. The molecule has 1 aliphatic heterocycles. The zero-order valence-corrected chi connectivity index (χ0v) is 12.3. The number of likely N-dealkylation sites (tertiary alicyclic amines) is 1. The standard InChI is InChI=1S/C12H16N2O3S2/c1-2-8-3-4-10(15)14(8)5-6-18-12-13-7-9(19-12)11(16)17/h7-8H,2-6H2,1H3,(H,16,17). The highest BCUT2D eigenvalue weighted by molar-refractivity contribution is 8.01. The van der Waals surface area contributed by atoms with Crippen molar-refractivity contribution in [3.05, 3.63) is 11.1 Å². The van der Waals surface area contributed by atoms with Crippen LogP contribution in [0, 0.1) is 0 Å². The molecular weight excluding hydrogens is 284 g/mol. The number of hydrogen-bond acceptors (Lipinski definition) is 5. The number of nitrogens with zero attached hydrogens (tertiary/aromatic N) is 2. The summed E-state index contributed by atoms with van der Waals surface area (Å²) in [7, 11) is 0. The number of thioether (sulfide) groups is 1. The summed E-state index contributed by atoms with van der Waals surface area (Å²) in [5.74, 6) is 0.0531. The zero-order valence-electron chi connectivity index (χ0n) is 10.7. The summed E-state index contributed by atoms with van der Waals surface area (Å²) in [5, 5.41) is 8.81. The summed E-state index contributed by atoms with van der Waals surface area (Å²) in [4.78, 5) is 28.7. The van der Waals surface area contributed by atoms with Gasteiger partial charge in [0.15, 0.2) is 4.34 Å². The fraction of sp³-hybridized carbons (Fsp3) is 0.583. The maximum atomic E-state index is 11.7. The van der Waals surface area contributed by atoms with Crippen molar-refractivity contribution in [1.82, 2.24) is 9.88 Å². The number of carboxylic acids is 1. The Hall–Kier alpha value is -1.08. The number of thiazole rings is 1. The number of aromatic carboxylic acids is 1. The van der Waals surface area contributed by atoms with Gasteiger partial charge in [0.2, 0.25) is 5.91 Å². The molecule has 1 amide bonds. The van der Waals surface area contributed by atoms with E-state index in [9.17, 15) is 9.59 Å². The molecule has 1 aliphatic rings. The Labute approximate surface area is 120 Å². The highest BCUT2D eigenvalue weighted by Gasteiger charge is 2.28. The normalized spacial score (nSPS) is 19.1. The van der Waals surface area contributed by atoms with Crippen molar-refractivity contribution in [2.24, 2.45) is 0 Å². The van der Waals surface area contributed by atoms with E-state index >= 15 is 0 Å². The summed E-state index contributed by atoms with van der Waals surface area (Å²) in [6.45, 7) is 2.81. The van der Waals surface area contributed by atoms with Gasteiger partial charge in [-0.2, -0.15) is 0 Å². The van der Waals surface area contributed by atoms with E-state index in [1.165, 1.54) is 29.3 Å². The molecule has 1 aromatic rings. The molecule has 2 heterocycles. The SMILES string of the molecule is CCC1CCC(=O)N1CCSc1ncc(C(=O)O)s1. The lowest BCUT2D eigenvalue weighted by Crippen LogP contribution is -2.34. The predicted octanol–water partition coefficient (Wildman–Crippen LogP) is 2.33.